The van der Waals surface area contributed by atoms with Gasteiger partial charge >= 0.3 is 0 Å². The molecular weight excluding hydrogens is 326 g/mol. The largest absolute Gasteiger partial charge is 0.497 e. The van der Waals surface area contributed by atoms with Crippen molar-refractivity contribution in [3.8, 4) is 5.75 Å². The molecule has 1 N–H and O–H groups in total. The normalized spacial score (nSPS) is 24.5. The van der Waals surface area contributed by atoms with Gasteiger partial charge in [-0.15, -0.1) is 0 Å². The molecule has 0 spiro atoms. The third-order valence-electron chi connectivity index (χ3n) is 5.89. The Kier molecular flexibility index (Phi) is 6.41. The summed E-state index contributed by atoms with van der Waals surface area (Å²) < 4.78 is 5.20. The number of anilines is 1. The lowest BCUT2D eigenvalue weighted by atomic mass is 9.85. The molecule has 144 valence electrons. The van der Waals surface area contributed by atoms with E-state index in [-0.39, 0.29) is 5.92 Å². The number of nitrogens with zero attached hydrogens (tertiary/aromatic N) is 2. The maximum Gasteiger partial charge on any atom is 0.225 e. The minimum Gasteiger partial charge on any atom is -0.497 e. The highest BCUT2D eigenvalue weighted by Crippen LogP contribution is 2.29. The topological polar surface area (TPSA) is 44.8 Å². The summed E-state index contributed by atoms with van der Waals surface area (Å²) in [6, 6.07) is 9.12. The molecule has 1 aliphatic carbocycles. The van der Waals surface area contributed by atoms with Crippen molar-refractivity contribution >= 4 is 11.6 Å². The summed E-state index contributed by atoms with van der Waals surface area (Å²) >= 11 is 0. The number of hydrogen-bond donors (Lipinski definition) is 1. The smallest absolute Gasteiger partial charge is 0.225 e. The van der Waals surface area contributed by atoms with E-state index in [1.54, 1.807) is 7.11 Å². The van der Waals surface area contributed by atoms with E-state index in [0.29, 0.717) is 18.0 Å². The van der Waals surface area contributed by atoms with Crippen molar-refractivity contribution in [1.29, 1.82) is 0 Å². The van der Waals surface area contributed by atoms with Crippen LogP contribution in [0.25, 0.3) is 0 Å². The lowest BCUT2D eigenvalue weighted by Crippen LogP contribution is -2.52. The van der Waals surface area contributed by atoms with Crippen molar-refractivity contribution in [3.63, 3.8) is 0 Å². The molecule has 2 aliphatic rings. The first kappa shape index (κ1) is 19.0. The van der Waals surface area contributed by atoms with Crippen LogP contribution >= 0.6 is 0 Å². The molecule has 1 saturated heterocycles. The van der Waals surface area contributed by atoms with Crippen molar-refractivity contribution in [1.82, 2.24) is 9.80 Å². The number of hydrogen-bond acceptors (Lipinski definition) is 4. The highest BCUT2D eigenvalue weighted by atomic mass is 16.5. The van der Waals surface area contributed by atoms with Crippen molar-refractivity contribution in [3.05, 3.63) is 24.3 Å². The highest BCUT2D eigenvalue weighted by Gasteiger charge is 2.31. The first-order valence-electron chi connectivity index (χ1n) is 10.00. The van der Waals surface area contributed by atoms with Gasteiger partial charge in [-0.3, -0.25) is 9.69 Å². The molecule has 0 bridgehead atoms. The van der Waals surface area contributed by atoms with Crippen LogP contribution in [0.2, 0.25) is 0 Å². The molecule has 0 atom stereocenters. The van der Waals surface area contributed by atoms with E-state index in [1.807, 2.05) is 12.1 Å². The zero-order chi connectivity index (χ0) is 18.5. The van der Waals surface area contributed by atoms with E-state index < -0.39 is 0 Å². The fourth-order valence-corrected chi connectivity index (χ4v) is 4.12. The van der Waals surface area contributed by atoms with Crippen LogP contribution < -0.4 is 10.1 Å². The predicted octanol–water partition coefficient (Wildman–Crippen LogP) is 3.22. The third-order valence-corrected chi connectivity index (χ3v) is 5.89. The maximum absolute atomic E-state index is 12.8. The van der Waals surface area contributed by atoms with E-state index >= 15 is 0 Å². The molecule has 1 amide bonds. The van der Waals surface area contributed by atoms with Crippen molar-refractivity contribution in [2.75, 3.05) is 38.6 Å². The Balaban J connectivity index is 1.43. The Labute approximate surface area is 157 Å². The quantitative estimate of drug-likeness (QED) is 0.877. The van der Waals surface area contributed by atoms with Crippen LogP contribution in [0.3, 0.4) is 0 Å². The average molecular weight is 360 g/mol. The Hall–Kier alpha value is -1.75. The molecule has 1 aromatic carbocycles. The van der Waals surface area contributed by atoms with E-state index in [9.17, 15) is 4.79 Å². The SMILES string of the molecule is COc1ccc(NC2CCC(C(=O)N3CCN(C(C)C)CC3)CC2)cc1. The zero-order valence-corrected chi connectivity index (χ0v) is 16.4. The molecule has 3 rings (SSSR count). The van der Waals surface area contributed by atoms with Crippen molar-refractivity contribution in [2.24, 2.45) is 5.92 Å². The lowest BCUT2D eigenvalue weighted by Gasteiger charge is -2.39. The number of amides is 1. The van der Waals surface area contributed by atoms with Crippen molar-refractivity contribution < 1.29 is 9.53 Å². The second-order valence-electron chi connectivity index (χ2n) is 7.88. The number of ether oxygens (including phenoxy) is 1. The molecule has 0 aromatic heterocycles. The minimum absolute atomic E-state index is 0.217. The number of methoxy groups -OCH3 is 1. The minimum atomic E-state index is 0.217. The molecule has 0 unspecified atom stereocenters. The Morgan fingerprint density at radius 3 is 2.19 bits per heavy atom. The standard InChI is InChI=1S/C21H33N3O2/c1-16(2)23-12-14-24(15-13-23)21(25)17-4-6-18(7-5-17)22-19-8-10-20(26-3)11-9-19/h8-11,16-18,22H,4-7,12-15H2,1-3H3. The number of nitrogens with one attached hydrogen (secondary N) is 1. The van der Waals surface area contributed by atoms with Crippen LogP contribution in [0.1, 0.15) is 39.5 Å². The number of rotatable bonds is 5. The second kappa shape index (κ2) is 8.76. The fraction of sp³-hybridized carbons (Fsp3) is 0.667. The van der Waals surface area contributed by atoms with Gasteiger partial charge in [0.2, 0.25) is 5.91 Å². The summed E-state index contributed by atoms with van der Waals surface area (Å²) in [6.45, 7) is 8.26. The molecule has 0 radical (unpaired) electrons. The molecule has 26 heavy (non-hydrogen) atoms. The number of benzene rings is 1. The molecule has 1 aromatic rings. The Morgan fingerprint density at radius 1 is 1.04 bits per heavy atom. The van der Waals surface area contributed by atoms with Gasteiger partial charge in [0, 0.05) is 49.9 Å². The van der Waals surface area contributed by atoms with Gasteiger partial charge in [0.25, 0.3) is 0 Å². The van der Waals surface area contributed by atoms with Gasteiger partial charge in [-0.05, 0) is 63.8 Å². The monoisotopic (exact) mass is 359 g/mol. The number of carbonyl (C=O) groups excluding carboxylic acids is 1. The molecule has 1 saturated carbocycles. The van der Waals surface area contributed by atoms with Gasteiger partial charge in [-0.25, -0.2) is 0 Å². The zero-order valence-electron chi connectivity index (χ0n) is 16.4. The number of carbonyl (C=O) groups is 1. The summed E-state index contributed by atoms with van der Waals surface area (Å²) in [5.74, 6) is 1.48. The van der Waals surface area contributed by atoms with Crippen LogP contribution in [0.5, 0.6) is 5.75 Å². The predicted molar refractivity (Wildman–Crippen MR) is 106 cm³/mol. The molecule has 5 heteroatoms. The maximum atomic E-state index is 12.8. The summed E-state index contributed by atoms with van der Waals surface area (Å²) in [5, 5.41) is 3.60. The third kappa shape index (κ3) is 4.70. The van der Waals surface area contributed by atoms with E-state index in [4.69, 9.17) is 4.74 Å². The average Bonchev–Trinajstić information content (AvgIpc) is 2.69. The highest BCUT2D eigenvalue weighted by molar-refractivity contribution is 5.79. The first-order chi connectivity index (χ1) is 12.6. The van der Waals surface area contributed by atoms with Gasteiger partial charge < -0.3 is 15.0 Å². The number of piperazine rings is 1. The van der Waals surface area contributed by atoms with Crippen LogP contribution in [-0.4, -0.2) is 61.1 Å². The lowest BCUT2D eigenvalue weighted by molar-refractivity contribution is -0.138. The van der Waals surface area contributed by atoms with E-state index in [1.165, 1.54) is 0 Å². The van der Waals surface area contributed by atoms with E-state index in [0.717, 1.165) is 63.3 Å². The van der Waals surface area contributed by atoms with Gasteiger partial charge in [-0.1, -0.05) is 0 Å². The fourth-order valence-electron chi connectivity index (χ4n) is 4.12. The summed E-state index contributed by atoms with van der Waals surface area (Å²) in [5.41, 5.74) is 1.13. The second-order valence-corrected chi connectivity index (χ2v) is 7.88. The van der Waals surface area contributed by atoms with Crippen LogP contribution in [-0.2, 0) is 4.79 Å². The van der Waals surface area contributed by atoms with E-state index in [2.05, 4.69) is 41.1 Å². The Bertz CT molecular complexity index is 571. The van der Waals surface area contributed by atoms with Crippen LogP contribution in [0.15, 0.2) is 24.3 Å². The molecule has 2 fully saturated rings. The van der Waals surface area contributed by atoms with Gasteiger partial charge in [0.15, 0.2) is 0 Å². The summed E-state index contributed by atoms with van der Waals surface area (Å²) in [4.78, 5) is 17.4. The molecule has 1 heterocycles. The summed E-state index contributed by atoms with van der Waals surface area (Å²) in [6.07, 6.45) is 4.12. The van der Waals surface area contributed by atoms with Gasteiger partial charge in [0.1, 0.15) is 5.75 Å². The first-order valence-corrected chi connectivity index (χ1v) is 10.00. The van der Waals surface area contributed by atoms with Gasteiger partial charge in [-0.2, -0.15) is 0 Å². The molecular formula is C21H33N3O2. The van der Waals surface area contributed by atoms with Crippen LogP contribution in [0.4, 0.5) is 5.69 Å². The van der Waals surface area contributed by atoms with Crippen molar-refractivity contribution in [2.45, 2.75) is 51.6 Å². The Morgan fingerprint density at radius 2 is 1.65 bits per heavy atom. The molecule has 1 aliphatic heterocycles. The van der Waals surface area contributed by atoms with Gasteiger partial charge in [0.05, 0.1) is 7.11 Å². The summed E-state index contributed by atoms with van der Waals surface area (Å²) in [7, 11) is 1.68. The van der Waals surface area contributed by atoms with Crippen LogP contribution in [0, 0.1) is 5.92 Å². The molecule has 5 nitrogen and oxygen atoms in total.